The average Bonchev–Trinajstić information content (AvgIpc) is 3.42. The van der Waals surface area contributed by atoms with Gasteiger partial charge in [-0.1, -0.05) is 0 Å². The zero-order valence-corrected chi connectivity index (χ0v) is 17.9. The maximum atomic E-state index is 6.32. The van der Waals surface area contributed by atoms with Gasteiger partial charge in [0.05, 0.1) is 0 Å². The van der Waals surface area contributed by atoms with E-state index in [-0.39, 0.29) is 12.3 Å². The van der Waals surface area contributed by atoms with Crippen LogP contribution in [-0.2, 0) is 17.6 Å². The Morgan fingerprint density at radius 1 is 1.21 bits per heavy atom. The standard InChI is InChI=1S/C21H24N4OS2/c1-25(2)14-8-6-13(7-9-14)19-22-10-15(26-19)11-27-20-18-16-4-3-5-17(16)28-21(18)24-12-23-20/h6-9,12,15,19,22H,3-5,10-11H2,1-2H3/p+1/t15-,19+/m0/s1. The van der Waals surface area contributed by atoms with Crippen LogP contribution in [0.4, 0.5) is 5.69 Å². The van der Waals surface area contributed by atoms with Crippen molar-refractivity contribution in [2.75, 3.05) is 31.3 Å². The van der Waals surface area contributed by atoms with Crippen LogP contribution in [0.15, 0.2) is 35.6 Å². The number of hydrogen-bond donors (Lipinski definition) is 1. The molecule has 1 fully saturated rings. The summed E-state index contributed by atoms with van der Waals surface area (Å²) in [5.41, 5.74) is 3.95. The number of thiophene rings is 1. The fourth-order valence-corrected chi connectivity index (χ4v) is 6.40. The van der Waals surface area contributed by atoms with Crippen molar-refractivity contribution >= 4 is 39.0 Å². The summed E-state index contributed by atoms with van der Waals surface area (Å²) >= 11 is 3.68. The summed E-state index contributed by atoms with van der Waals surface area (Å²) in [5.74, 6) is 0.930. The van der Waals surface area contributed by atoms with Crippen molar-refractivity contribution in [3.8, 4) is 0 Å². The van der Waals surface area contributed by atoms with Gasteiger partial charge >= 0.3 is 0 Å². The quantitative estimate of drug-likeness (QED) is 0.515. The first kappa shape index (κ1) is 18.4. The van der Waals surface area contributed by atoms with Crippen LogP contribution in [0.2, 0.25) is 0 Å². The Bertz CT molecular complexity index is 986. The molecule has 0 unspecified atom stereocenters. The van der Waals surface area contributed by atoms with Gasteiger partial charge in [0.2, 0.25) is 6.23 Å². The largest absolute Gasteiger partial charge is 0.378 e. The third-order valence-corrected chi connectivity index (χ3v) is 7.88. The minimum absolute atomic E-state index is 0.0950. The lowest BCUT2D eigenvalue weighted by molar-refractivity contribution is -0.697. The fraction of sp³-hybridized carbons (Fsp3) is 0.429. The summed E-state index contributed by atoms with van der Waals surface area (Å²) in [7, 11) is 4.13. The SMILES string of the molecule is CN(C)c1ccc([C@@H]2[NH2+]C[C@@H](CSc3ncnc4sc5c(c34)CCC5)O2)cc1. The van der Waals surface area contributed by atoms with Gasteiger partial charge in [-0.15, -0.1) is 23.1 Å². The molecular weight excluding hydrogens is 388 g/mol. The van der Waals surface area contributed by atoms with Crippen LogP contribution >= 0.6 is 23.1 Å². The second-order valence-corrected chi connectivity index (χ2v) is 9.76. The highest BCUT2D eigenvalue weighted by Crippen LogP contribution is 2.40. The second kappa shape index (κ2) is 7.63. The summed E-state index contributed by atoms with van der Waals surface area (Å²) in [6.45, 7) is 0.989. The summed E-state index contributed by atoms with van der Waals surface area (Å²) in [4.78, 5) is 13.9. The first-order chi connectivity index (χ1) is 13.7. The molecule has 1 saturated heterocycles. The molecule has 5 rings (SSSR count). The summed E-state index contributed by atoms with van der Waals surface area (Å²) < 4.78 is 6.32. The van der Waals surface area contributed by atoms with Crippen LogP contribution in [-0.4, -0.2) is 42.5 Å². The van der Waals surface area contributed by atoms with Crippen molar-refractivity contribution in [3.05, 3.63) is 46.6 Å². The molecule has 5 nitrogen and oxygen atoms in total. The van der Waals surface area contributed by atoms with Crippen molar-refractivity contribution in [2.45, 2.75) is 36.6 Å². The molecule has 1 aliphatic carbocycles. The molecule has 2 atom stereocenters. The van der Waals surface area contributed by atoms with Crippen LogP contribution in [0.3, 0.4) is 0 Å². The van der Waals surface area contributed by atoms with Crippen LogP contribution in [0.1, 0.15) is 28.7 Å². The number of ether oxygens (including phenoxy) is 1. The minimum Gasteiger partial charge on any atom is -0.378 e. The predicted octanol–water partition coefficient (Wildman–Crippen LogP) is 3.00. The van der Waals surface area contributed by atoms with E-state index in [1.165, 1.54) is 46.3 Å². The number of thioether (sulfide) groups is 1. The lowest BCUT2D eigenvalue weighted by atomic mass is 10.2. The third kappa shape index (κ3) is 3.41. The summed E-state index contributed by atoms with van der Waals surface area (Å²) in [6.07, 6.45) is 5.70. The molecule has 28 heavy (non-hydrogen) atoms. The smallest absolute Gasteiger partial charge is 0.217 e. The third-order valence-electron chi connectivity index (χ3n) is 5.56. The molecule has 3 aromatic rings. The maximum absolute atomic E-state index is 6.32. The molecule has 7 heteroatoms. The van der Waals surface area contributed by atoms with Gasteiger partial charge in [0.25, 0.3) is 0 Å². The Morgan fingerprint density at radius 2 is 2.07 bits per heavy atom. The average molecular weight is 414 g/mol. The van der Waals surface area contributed by atoms with Crippen molar-refractivity contribution in [1.82, 2.24) is 9.97 Å². The molecule has 0 saturated carbocycles. The highest BCUT2D eigenvalue weighted by Gasteiger charge is 2.30. The zero-order chi connectivity index (χ0) is 19.1. The van der Waals surface area contributed by atoms with E-state index < -0.39 is 0 Å². The first-order valence-corrected chi connectivity index (χ1v) is 11.6. The van der Waals surface area contributed by atoms with E-state index in [9.17, 15) is 0 Å². The van der Waals surface area contributed by atoms with Gasteiger partial charge in [-0.3, -0.25) is 0 Å². The summed E-state index contributed by atoms with van der Waals surface area (Å²) in [5, 5.41) is 4.74. The molecule has 1 aromatic carbocycles. The van der Waals surface area contributed by atoms with E-state index in [2.05, 4.69) is 58.5 Å². The number of aryl methyl sites for hydroxylation is 2. The number of nitrogens with two attached hydrogens (primary N) is 1. The van der Waals surface area contributed by atoms with Crippen LogP contribution in [0.5, 0.6) is 0 Å². The highest BCUT2D eigenvalue weighted by atomic mass is 32.2. The molecule has 2 N–H and O–H groups in total. The molecule has 0 amide bonds. The molecule has 0 spiro atoms. The zero-order valence-electron chi connectivity index (χ0n) is 16.2. The molecular formula is C21H25N4OS2+. The Balaban J connectivity index is 1.25. The molecule has 0 radical (unpaired) electrons. The molecule has 2 aliphatic rings. The minimum atomic E-state index is 0.0950. The summed E-state index contributed by atoms with van der Waals surface area (Å²) in [6, 6.07) is 8.66. The van der Waals surface area contributed by atoms with Gasteiger partial charge in [-0.05, 0) is 49.1 Å². The van der Waals surface area contributed by atoms with E-state index >= 15 is 0 Å². The van der Waals surface area contributed by atoms with Crippen LogP contribution in [0, 0.1) is 0 Å². The van der Waals surface area contributed by atoms with Crippen molar-refractivity contribution in [1.29, 1.82) is 0 Å². The maximum Gasteiger partial charge on any atom is 0.217 e. The second-order valence-electron chi connectivity index (χ2n) is 7.66. The van der Waals surface area contributed by atoms with Crippen molar-refractivity contribution in [2.24, 2.45) is 0 Å². The highest BCUT2D eigenvalue weighted by molar-refractivity contribution is 7.99. The van der Waals surface area contributed by atoms with E-state index in [0.29, 0.717) is 0 Å². The van der Waals surface area contributed by atoms with E-state index in [0.717, 1.165) is 22.2 Å². The van der Waals surface area contributed by atoms with Crippen LogP contribution in [0.25, 0.3) is 10.2 Å². The number of benzene rings is 1. The fourth-order valence-electron chi connectivity index (χ4n) is 4.06. The molecule has 0 bridgehead atoms. The number of anilines is 1. The molecule has 3 heterocycles. The number of rotatable bonds is 5. The Hall–Kier alpha value is -1.67. The number of quaternary nitrogens is 1. The number of nitrogens with zero attached hydrogens (tertiary/aromatic N) is 3. The topological polar surface area (TPSA) is 54.9 Å². The number of hydrogen-bond acceptors (Lipinski definition) is 6. The first-order valence-electron chi connectivity index (χ1n) is 9.83. The Kier molecular flexibility index (Phi) is 5.00. The number of fused-ring (bicyclic) bond motifs is 3. The van der Waals surface area contributed by atoms with Crippen molar-refractivity contribution < 1.29 is 10.1 Å². The lowest BCUT2D eigenvalue weighted by Gasteiger charge is -2.14. The van der Waals surface area contributed by atoms with Gasteiger partial charge < -0.3 is 15.0 Å². The van der Waals surface area contributed by atoms with Gasteiger partial charge in [0, 0.05) is 41.4 Å². The van der Waals surface area contributed by atoms with Gasteiger partial charge in [-0.25, -0.2) is 9.97 Å². The van der Waals surface area contributed by atoms with Crippen molar-refractivity contribution in [3.63, 3.8) is 0 Å². The van der Waals surface area contributed by atoms with Gasteiger partial charge in [0.1, 0.15) is 28.8 Å². The van der Waals surface area contributed by atoms with Gasteiger partial charge in [0.15, 0.2) is 0 Å². The van der Waals surface area contributed by atoms with E-state index in [1.807, 2.05) is 23.1 Å². The predicted molar refractivity (Wildman–Crippen MR) is 115 cm³/mol. The van der Waals surface area contributed by atoms with E-state index in [1.54, 1.807) is 6.33 Å². The Morgan fingerprint density at radius 3 is 2.89 bits per heavy atom. The Labute approximate surface area is 173 Å². The molecule has 146 valence electrons. The van der Waals surface area contributed by atoms with Crippen LogP contribution < -0.4 is 10.2 Å². The van der Waals surface area contributed by atoms with E-state index in [4.69, 9.17) is 4.74 Å². The van der Waals surface area contributed by atoms with Gasteiger partial charge in [-0.2, -0.15) is 0 Å². The number of aromatic nitrogens is 2. The monoisotopic (exact) mass is 413 g/mol. The molecule has 1 aliphatic heterocycles. The lowest BCUT2D eigenvalue weighted by Crippen LogP contribution is -2.82. The molecule has 2 aromatic heterocycles. The normalized spacial score (nSPS) is 21.4.